The van der Waals surface area contributed by atoms with Crippen molar-refractivity contribution in [3.05, 3.63) is 23.9 Å². The highest BCUT2D eigenvalue weighted by Crippen LogP contribution is 2.15. The van der Waals surface area contributed by atoms with Gasteiger partial charge < -0.3 is 19.5 Å². The van der Waals surface area contributed by atoms with Gasteiger partial charge in [-0.15, -0.1) is 0 Å². The fourth-order valence-corrected chi connectivity index (χ4v) is 3.28. The number of rotatable bonds is 7. The van der Waals surface area contributed by atoms with Crippen molar-refractivity contribution in [2.45, 2.75) is 25.0 Å². The first kappa shape index (κ1) is 18.1. The Hall–Kier alpha value is -1.72. The number of anilines is 1. The molecule has 0 aromatic carbocycles. The van der Waals surface area contributed by atoms with Crippen LogP contribution in [-0.4, -0.2) is 79.7 Å². The molecule has 136 valence electrons. The SMILES string of the molecule is N#Cc1ccnc(N2CCN(C[C@@H](O)COC[C@H]3CCCO3)CC2)c1. The Morgan fingerprint density at radius 2 is 2.24 bits per heavy atom. The maximum absolute atomic E-state index is 10.2. The smallest absolute Gasteiger partial charge is 0.129 e. The quantitative estimate of drug-likeness (QED) is 0.775. The van der Waals surface area contributed by atoms with Gasteiger partial charge in [0.15, 0.2) is 0 Å². The normalized spacial score (nSPS) is 22.7. The third kappa shape index (κ3) is 5.38. The topological polar surface area (TPSA) is 81.9 Å². The van der Waals surface area contributed by atoms with E-state index >= 15 is 0 Å². The summed E-state index contributed by atoms with van der Waals surface area (Å²) in [6, 6.07) is 5.69. The van der Waals surface area contributed by atoms with Crippen molar-refractivity contribution in [1.29, 1.82) is 5.26 Å². The van der Waals surface area contributed by atoms with Gasteiger partial charge in [-0.05, 0) is 25.0 Å². The van der Waals surface area contributed by atoms with Gasteiger partial charge in [-0.25, -0.2) is 4.98 Å². The van der Waals surface area contributed by atoms with Crippen molar-refractivity contribution < 1.29 is 14.6 Å². The van der Waals surface area contributed by atoms with E-state index in [9.17, 15) is 5.11 Å². The lowest BCUT2D eigenvalue weighted by Crippen LogP contribution is -2.49. The summed E-state index contributed by atoms with van der Waals surface area (Å²) in [4.78, 5) is 8.77. The summed E-state index contributed by atoms with van der Waals surface area (Å²) >= 11 is 0. The Bertz CT molecular complexity index is 578. The molecule has 25 heavy (non-hydrogen) atoms. The maximum atomic E-state index is 10.2. The molecule has 2 fully saturated rings. The van der Waals surface area contributed by atoms with Crippen molar-refractivity contribution in [2.75, 3.05) is 57.4 Å². The van der Waals surface area contributed by atoms with Crippen LogP contribution in [0.15, 0.2) is 18.3 Å². The van der Waals surface area contributed by atoms with Crippen molar-refractivity contribution in [3.63, 3.8) is 0 Å². The van der Waals surface area contributed by atoms with Gasteiger partial charge >= 0.3 is 0 Å². The summed E-state index contributed by atoms with van der Waals surface area (Å²) in [7, 11) is 0. The summed E-state index contributed by atoms with van der Waals surface area (Å²) in [6.07, 6.45) is 3.56. The van der Waals surface area contributed by atoms with Gasteiger partial charge in [0.25, 0.3) is 0 Å². The van der Waals surface area contributed by atoms with E-state index in [2.05, 4.69) is 20.9 Å². The fourth-order valence-electron chi connectivity index (χ4n) is 3.28. The van der Waals surface area contributed by atoms with Gasteiger partial charge in [0.1, 0.15) is 5.82 Å². The van der Waals surface area contributed by atoms with Crippen LogP contribution in [0.25, 0.3) is 0 Å². The summed E-state index contributed by atoms with van der Waals surface area (Å²) in [5, 5.41) is 19.1. The number of ether oxygens (including phenoxy) is 2. The molecule has 0 unspecified atom stereocenters. The molecule has 2 aliphatic rings. The zero-order chi connectivity index (χ0) is 17.5. The summed E-state index contributed by atoms with van der Waals surface area (Å²) in [5.41, 5.74) is 0.631. The molecule has 1 N–H and O–H groups in total. The zero-order valence-electron chi connectivity index (χ0n) is 14.5. The number of nitriles is 1. The molecular weight excluding hydrogens is 320 g/mol. The van der Waals surface area contributed by atoms with Crippen molar-refractivity contribution in [2.24, 2.45) is 0 Å². The van der Waals surface area contributed by atoms with Crippen molar-refractivity contribution in [1.82, 2.24) is 9.88 Å². The molecule has 3 rings (SSSR count). The van der Waals surface area contributed by atoms with E-state index in [0.717, 1.165) is 51.4 Å². The first-order valence-electron chi connectivity index (χ1n) is 8.95. The molecular formula is C18H26N4O3. The van der Waals surface area contributed by atoms with Crippen molar-refractivity contribution >= 4 is 5.82 Å². The Kier molecular flexibility index (Phi) is 6.59. The summed E-state index contributed by atoms with van der Waals surface area (Å²) in [5.74, 6) is 0.846. The second-order valence-electron chi connectivity index (χ2n) is 6.63. The zero-order valence-corrected chi connectivity index (χ0v) is 14.5. The Morgan fingerprint density at radius 3 is 2.96 bits per heavy atom. The van der Waals surface area contributed by atoms with E-state index in [1.807, 2.05) is 6.07 Å². The third-order valence-electron chi connectivity index (χ3n) is 4.68. The Labute approximate surface area is 148 Å². The van der Waals surface area contributed by atoms with Crippen LogP contribution < -0.4 is 4.90 Å². The molecule has 0 amide bonds. The van der Waals surface area contributed by atoms with Crippen LogP contribution >= 0.6 is 0 Å². The van der Waals surface area contributed by atoms with Crippen LogP contribution in [0.5, 0.6) is 0 Å². The molecule has 1 aromatic rings. The molecule has 2 aliphatic heterocycles. The van der Waals surface area contributed by atoms with Crippen LogP contribution in [0, 0.1) is 11.3 Å². The molecule has 0 saturated carbocycles. The first-order valence-corrected chi connectivity index (χ1v) is 8.95. The fraction of sp³-hybridized carbons (Fsp3) is 0.667. The van der Waals surface area contributed by atoms with Gasteiger partial charge in [-0.3, -0.25) is 4.90 Å². The second kappa shape index (κ2) is 9.11. The summed E-state index contributed by atoms with van der Waals surface area (Å²) < 4.78 is 11.1. The van der Waals surface area contributed by atoms with E-state index in [1.54, 1.807) is 12.3 Å². The first-order chi connectivity index (χ1) is 12.2. The Balaban J connectivity index is 1.36. The number of nitrogens with zero attached hydrogens (tertiary/aromatic N) is 4. The van der Waals surface area contributed by atoms with Gasteiger partial charge in [-0.2, -0.15) is 5.26 Å². The van der Waals surface area contributed by atoms with Crippen LogP contribution in [-0.2, 0) is 9.47 Å². The average molecular weight is 346 g/mol. The number of hydrogen-bond donors (Lipinski definition) is 1. The third-order valence-corrected chi connectivity index (χ3v) is 4.68. The highest BCUT2D eigenvalue weighted by Gasteiger charge is 2.21. The lowest BCUT2D eigenvalue weighted by molar-refractivity contribution is -0.0254. The maximum Gasteiger partial charge on any atom is 0.129 e. The second-order valence-corrected chi connectivity index (χ2v) is 6.63. The number of aliphatic hydroxyl groups is 1. The summed E-state index contributed by atoms with van der Waals surface area (Å²) in [6.45, 7) is 5.77. The minimum atomic E-state index is -0.479. The molecule has 0 aliphatic carbocycles. The monoisotopic (exact) mass is 346 g/mol. The molecule has 3 heterocycles. The molecule has 1 aromatic heterocycles. The van der Waals surface area contributed by atoms with Gasteiger partial charge in [0.2, 0.25) is 0 Å². The van der Waals surface area contributed by atoms with Crippen LogP contribution in [0.1, 0.15) is 18.4 Å². The molecule has 2 saturated heterocycles. The van der Waals surface area contributed by atoms with Crippen molar-refractivity contribution in [3.8, 4) is 6.07 Å². The lowest BCUT2D eigenvalue weighted by atomic mass is 10.2. The Morgan fingerprint density at radius 1 is 1.40 bits per heavy atom. The van der Waals surface area contributed by atoms with E-state index in [-0.39, 0.29) is 6.10 Å². The molecule has 0 bridgehead atoms. The van der Waals surface area contributed by atoms with E-state index in [0.29, 0.717) is 25.3 Å². The largest absolute Gasteiger partial charge is 0.389 e. The number of pyridine rings is 1. The predicted octanol–water partition coefficient (Wildman–Crippen LogP) is 0.632. The average Bonchev–Trinajstić information content (AvgIpc) is 3.16. The van der Waals surface area contributed by atoms with Crippen LogP contribution in [0.4, 0.5) is 5.82 Å². The number of aliphatic hydroxyl groups excluding tert-OH is 1. The highest BCUT2D eigenvalue weighted by molar-refractivity contribution is 5.45. The van der Waals surface area contributed by atoms with Crippen LogP contribution in [0.2, 0.25) is 0 Å². The van der Waals surface area contributed by atoms with Crippen LogP contribution in [0.3, 0.4) is 0 Å². The molecule has 7 nitrogen and oxygen atoms in total. The molecule has 2 atom stereocenters. The number of aromatic nitrogens is 1. The van der Waals surface area contributed by atoms with E-state index in [1.165, 1.54) is 0 Å². The van der Waals surface area contributed by atoms with Gasteiger partial charge in [0, 0.05) is 45.5 Å². The molecule has 0 radical (unpaired) electrons. The predicted molar refractivity (Wildman–Crippen MR) is 93.4 cm³/mol. The standard InChI is InChI=1S/C18H26N4O3/c19-11-15-3-4-20-18(10-15)22-7-5-21(6-8-22)12-16(23)13-24-14-17-2-1-9-25-17/h3-4,10,16-17,23H,1-2,5-9,12-14H2/t16-,17-/m1/s1. The molecule has 7 heteroatoms. The number of hydrogen-bond acceptors (Lipinski definition) is 7. The van der Waals surface area contributed by atoms with E-state index in [4.69, 9.17) is 14.7 Å². The lowest BCUT2D eigenvalue weighted by Gasteiger charge is -2.36. The highest BCUT2D eigenvalue weighted by atomic mass is 16.5. The van der Waals surface area contributed by atoms with Gasteiger partial charge in [0.05, 0.1) is 37.1 Å². The number of β-amino-alcohol motifs (C(OH)–C–C–N with tert-alkyl or cyclic N) is 1. The minimum absolute atomic E-state index is 0.201. The molecule has 0 spiro atoms. The van der Waals surface area contributed by atoms with Gasteiger partial charge in [-0.1, -0.05) is 0 Å². The minimum Gasteiger partial charge on any atom is -0.389 e. The number of piperazine rings is 1. The van der Waals surface area contributed by atoms with E-state index < -0.39 is 6.10 Å².